The van der Waals surface area contributed by atoms with Gasteiger partial charge < -0.3 is 9.47 Å². The van der Waals surface area contributed by atoms with Crippen molar-refractivity contribution in [2.45, 2.75) is 0 Å². The summed E-state index contributed by atoms with van der Waals surface area (Å²) in [5.74, 6) is -0.944. The first-order valence-corrected chi connectivity index (χ1v) is 3.89. The number of carbonyl (C=O) groups is 2. The molecule has 0 unspecified atom stereocenters. The Labute approximate surface area is 75.9 Å². The van der Waals surface area contributed by atoms with Gasteiger partial charge in [-0.05, 0) is 0 Å². The van der Waals surface area contributed by atoms with Crippen LogP contribution in [0, 0.1) is 0 Å². The third-order valence-corrected chi connectivity index (χ3v) is 1.14. The van der Waals surface area contributed by atoms with E-state index in [4.69, 9.17) is 0 Å². The summed E-state index contributed by atoms with van der Waals surface area (Å²) < 4.78 is 9.09. The molecule has 0 aromatic rings. The van der Waals surface area contributed by atoms with Crippen molar-refractivity contribution in [2.75, 3.05) is 19.0 Å². The van der Waals surface area contributed by atoms with Crippen molar-refractivity contribution < 1.29 is 19.1 Å². The molecule has 68 valence electrons. The third-order valence-electron chi connectivity index (χ3n) is 0.886. The summed E-state index contributed by atoms with van der Waals surface area (Å²) in [4.78, 5) is 20.9. The van der Waals surface area contributed by atoms with E-state index in [1.54, 1.807) is 0 Å². The summed E-state index contributed by atoms with van der Waals surface area (Å²) in [5.41, 5.74) is 0. The average Bonchev–Trinajstić information content (AvgIpc) is 2.11. The summed E-state index contributed by atoms with van der Waals surface area (Å²) in [7, 11) is 0. The van der Waals surface area contributed by atoms with Crippen molar-refractivity contribution in [2.24, 2.45) is 0 Å². The lowest BCUT2D eigenvalue weighted by atomic mass is 10.6. The highest BCUT2D eigenvalue weighted by Gasteiger charge is 1.99. The van der Waals surface area contributed by atoms with Crippen molar-refractivity contribution in [3.05, 3.63) is 12.7 Å². The van der Waals surface area contributed by atoms with Crippen molar-refractivity contribution in [3.8, 4) is 0 Å². The number of hydrogen-bond donors (Lipinski definition) is 1. The third kappa shape index (κ3) is 5.79. The number of carbonyl (C=O) groups excluding carboxylic acids is 2. The highest BCUT2D eigenvalue weighted by Crippen LogP contribution is 1.84. The minimum Gasteiger partial charge on any atom is -0.461 e. The molecule has 0 heterocycles. The van der Waals surface area contributed by atoms with Crippen LogP contribution in [0.2, 0.25) is 0 Å². The van der Waals surface area contributed by atoms with Crippen molar-refractivity contribution in [3.63, 3.8) is 0 Å². The molecule has 0 radical (unpaired) electrons. The molecule has 0 rings (SSSR count). The standard InChI is InChI=1S/C7H10O4S/c1-2-6(8)10-3-4-11-7(9)5-12/h2,12H,1,3-5H2. The minimum atomic E-state index is -0.531. The van der Waals surface area contributed by atoms with Gasteiger partial charge in [0.05, 0.1) is 5.75 Å². The maximum Gasteiger partial charge on any atom is 0.330 e. The van der Waals surface area contributed by atoms with Gasteiger partial charge in [-0.1, -0.05) is 6.58 Å². The van der Waals surface area contributed by atoms with Crippen LogP contribution in [0.4, 0.5) is 0 Å². The van der Waals surface area contributed by atoms with Crippen LogP contribution in [0.3, 0.4) is 0 Å². The highest BCUT2D eigenvalue weighted by atomic mass is 32.1. The molecule has 0 aromatic heterocycles. The largest absolute Gasteiger partial charge is 0.461 e. The molecular weight excluding hydrogens is 180 g/mol. The summed E-state index contributed by atoms with van der Waals surface area (Å²) in [6, 6.07) is 0. The molecule has 0 aliphatic carbocycles. The molecule has 0 saturated carbocycles. The maximum atomic E-state index is 10.5. The zero-order chi connectivity index (χ0) is 9.40. The van der Waals surface area contributed by atoms with E-state index in [9.17, 15) is 9.59 Å². The molecule has 5 heteroatoms. The van der Waals surface area contributed by atoms with Crippen molar-refractivity contribution in [1.29, 1.82) is 0 Å². The lowest BCUT2D eigenvalue weighted by Crippen LogP contribution is -2.13. The Balaban J connectivity index is 3.27. The summed E-state index contributed by atoms with van der Waals surface area (Å²) in [5, 5.41) is 0. The summed E-state index contributed by atoms with van der Waals surface area (Å²) in [6.07, 6.45) is 1.04. The predicted molar refractivity (Wildman–Crippen MR) is 46.0 cm³/mol. The van der Waals surface area contributed by atoms with Gasteiger partial charge in [0.2, 0.25) is 0 Å². The van der Waals surface area contributed by atoms with Gasteiger partial charge in [-0.15, -0.1) is 0 Å². The molecule has 0 fully saturated rings. The quantitative estimate of drug-likeness (QED) is 0.291. The number of ether oxygens (including phenoxy) is 2. The number of thiol groups is 1. The van der Waals surface area contributed by atoms with E-state index in [1.807, 2.05) is 0 Å². The van der Waals surface area contributed by atoms with Crippen LogP contribution < -0.4 is 0 Å². The Kier molecular flexibility index (Phi) is 6.18. The number of rotatable bonds is 5. The molecule has 0 atom stereocenters. The monoisotopic (exact) mass is 190 g/mol. The second kappa shape index (κ2) is 6.72. The number of esters is 2. The van der Waals surface area contributed by atoms with Crippen LogP contribution in [0.15, 0.2) is 12.7 Å². The smallest absolute Gasteiger partial charge is 0.330 e. The molecular formula is C7H10O4S. The van der Waals surface area contributed by atoms with Gasteiger partial charge >= 0.3 is 11.9 Å². The van der Waals surface area contributed by atoms with E-state index in [-0.39, 0.29) is 19.0 Å². The van der Waals surface area contributed by atoms with Crippen LogP contribution in [0.1, 0.15) is 0 Å². The van der Waals surface area contributed by atoms with Gasteiger partial charge in [0.15, 0.2) is 0 Å². The molecule has 0 N–H and O–H groups in total. The molecule has 0 bridgehead atoms. The second-order valence-corrected chi connectivity index (χ2v) is 2.07. The SMILES string of the molecule is C=CC(=O)OCCOC(=O)CS. The first-order chi connectivity index (χ1) is 5.70. The molecule has 4 nitrogen and oxygen atoms in total. The Bertz CT molecular complexity index is 178. The van der Waals surface area contributed by atoms with Crippen LogP contribution in [0.5, 0.6) is 0 Å². The first kappa shape index (κ1) is 11.0. The summed E-state index contributed by atoms with van der Waals surface area (Å²) in [6.45, 7) is 3.30. The van der Waals surface area contributed by atoms with Gasteiger partial charge in [-0.25, -0.2) is 4.79 Å². The fraction of sp³-hybridized carbons (Fsp3) is 0.429. The van der Waals surface area contributed by atoms with Gasteiger partial charge in [-0.2, -0.15) is 12.6 Å². The normalized spacial score (nSPS) is 8.75. The zero-order valence-electron chi connectivity index (χ0n) is 6.49. The topological polar surface area (TPSA) is 52.6 Å². The van der Waals surface area contributed by atoms with Gasteiger partial charge in [-0.3, -0.25) is 4.79 Å². The highest BCUT2D eigenvalue weighted by molar-refractivity contribution is 7.81. The lowest BCUT2D eigenvalue weighted by molar-refractivity contribution is -0.147. The fourth-order valence-corrected chi connectivity index (χ4v) is 0.494. The summed E-state index contributed by atoms with van der Waals surface area (Å²) >= 11 is 3.68. The van der Waals surface area contributed by atoms with E-state index in [1.165, 1.54) is 0 Å². The number of hydrogen-bond acceptors (Lipinski definition) is 5. The van der Waals surface area contributed by atoms with E-state index >= 15 is 0 Å². The zero-order valence-corrected chi connectivity index (χ0v) is 7.38. The molecule has 0 aliphatic heterocycles. The molecule has 0 spiro atoms. The van der Waals surface area contributed by atoms with Crippen LogP contribution in [0.25, 0.3) is 0 Å². The molecule has 0 amide bonds. The Morgan fingerprint density at radius 2 is 1.92 bits per heavy atom. The molecule has 12 heavy (non-hydrogen) atoms. The van der Waals surface area contributed by atoms with Crippen molar-refractivity contribution in [1.82, 2.24) is 0 Å². The Morgan fingerprint density at radius 3 is 2.42 bits per heavy atom. The molecule has 0 aliphatic rings. The molecule has 0 saturated heterocycles. The lowest BCUT2D eigenvalue weighted by Gasteiger charge is -2.02. The minimum absolute atomic E-state index is 0.0232. The van der Waals surface area contributed by atoms with Gasteiger partial charge in [0.25, 0.3) is 0 Å². The van der Waals surface area contributed by atoms with E-state index in [0.717, 1.165) is 6.08 Å². The van der Waals surface area contributed by atoms with Crippen LogP contribution in [-0.4, -0.2) is 30.9 Å². The Hall–Kier alpha value is -0.970. The van der Waals surface area contributed by atoms with E-state index in [0.29, 0.717) is 0 Å². The fourth-order valence-electron chi connectivity index (χ4n) is 0.402. The van der Waals surface area contributed by atoms with E-state index in [2.05, 4.69) is 28.7 Å². The first-order valence-electron chi connectivity index (χ1n) is 3.26. The average molecular weight is 190 g/mol. The second-order valence-electron chi connectivity index (χ2n) is 1.75. The van der Waals surface area contributed by atoms with Crippen LogP contribution >= 0.6 is 12.6 Å². The Morgan fingerprint density at radius 1 is 1.33 bits per heavy atom. The van der Waals surface area contributed by atoms with E-state index < -0.39 is 11.9 Å². The molecule has 0 aromatic carbocycles. The van der Waals surface area contributed by atoms with Crippen molar-refractivity contribution >= 4 is 24.6 Å². The van der Waals surface area contributed by atoms with Crippen LogP contribution in [-0.2, 0) is 19.1 Å². The van der Waals surface area contributed by atoms with Gasteiger partial charge in [0.1, 0.15) is 13.2 Å². The predicted octanol–water partition coefficient (Wildman–Crippen LogP) is 0.189. The maximum absolute atomic E-state index is 10.5. The van der Waals surface area contributed by atoms with Gasteiger partial charge in [0, 0.05) is 6.08 Å².